The number of carbonyl (C=O) groups excluding carboxylic acids is 2. The van der Waals surface area contributed by atoms with Crippen molar-refractivity contribution in [3.8, 4) is 0 Å². The Kier molecular flexibility index (Phi) is 6.24. The van der Waals surface area contributed by atoms with Crippen LogP contribution in [-0.2, 0) is 20.7 Å². The summed E-state index contributed by atoms with van der Waals surface area (Å²) in [4.78, 5) is 35.2. The molecule has 0 saturated carbocycles. The van der Waals surface area contributed by atoms with Crippen LogP contribution >= 0.6 is 22.7 Å². The summed E-state index contributed by atoms with van der Waals surface area (Å²) in [6, 6.07) is 4.61. The van der Waals surface area contributed by atoms with Crippen molar-refractivity contribution in [2.75, 3.05) is 29.9 Å². The standard InChI is InChI=1S/C20H21FN4O3S2/c1-2-28-17(26)10-14-11-29-19(22-14)24-18(27)12-5-7-25(8-6-12)20-23-15-4-3-13(21)9-16(15)30-20/h3-4,9,11-12H,2,5-8,10H2,1H3,(H,22,24,27). The molecule has 30 heavy (non-hydrogen) atoms. The van der Waals surface area contributed by atoms with E-state index < -0.39 is 0 Å². The second kappa shape index (κ2) is 9.05. The van der Waals surface area contributed by atoms with Gasteiger partial charge in [-0.3, -0.25) is 9.59 Å². The lowest BCUT2D eigenvalue weighted by Crippen LogP contribution is -2.38. The van der Waals surface area contributed by atoms with E-state index in [0.717, 1.165) is 15.3 Å². The molecule has 10 heteroatoms. The minimum absolute atomic E-state index is 0.0574. The Morgan fingerprint density at radius 3 is 2.87 bits per heavy atom. The van der Waals surface area contributed by atoms with Crippen LogP contribution in [0.5, 0.6) is 0 Å². The summed E-state index contributed by atoms with van der Waals surface area (Å²) in [5.74, 6) is -0.755. The zero-order valence-electron chi connectivity index (χ0n) is 16.4. The normalized spacial score (nSPS) is 14.8. The highest BCUT2D eigenvalue weighted by atomic mass is 32.1. The van der Waals surface area contributed by atoms with Crippen molar-refractivity contribution in [3.63, 3.8) is 0 Å². The second-order valence-corrected chi connectivity index (χ2v) is 8.85. The SMILES string of the molecule is CCOC(=O)Cc1csc(NC(=O)C2CCN(c3nc4ccc(F)cc4s3)CC2)n1. The molecular weight excluding hydrogens is 427 g/mol. The van der Waals surface area contributed by atoms with Gasteiger partial charge in [0.2, 0.25) is 5.91 Å². The minimum atomic E-state index is -0.328. The van der Waals surface area contributed by atoms with Crippen LogP contribution in [0.25, 0.3) is 10.2 Å². The van der Waals surface area contributed by atoms with Crippen LogP contribution < -0.4 is 10.2 Å². The molecule has 1 amide bonds. The van der Waals surface area contributed by atoms with Crippen molar-refractivity contribution in [2.24, 2.45) is 5.92 Å². The van der Waals surface area contributed by atoms with E-state index in [9.17, 15) is 14.0 Å². The van der Waals surface area contributed by atoms with Crippen molar-refractivity contribution in [3.05, 3.63) is 35.1 Å². The van der Waals surface area contributed by atoms with E-state index >= 15 is 0 Å². The lowest BCUT2D eigenvalue weighted by atomic mass is 9.96. The molecule has 1 aliphatic rings. The van der Waals surface area contributed by atoms with Gasteiger partial charge in [0.05, 0.1) is 28.9 Å². The monoisotopic (exact) mass is 448 g/mol. The predicted octanol–water partition coefficient (Wildman–Crippen LogP) is 3.85. The Hall–Kier alpha value is -2.59. The Morgan fingerprint density at radius 2 is 2.10 bits per heavy atom. The average Bonchev–Trinajstić information content (AvgIpc) is 3.34. The highest BCUT2D eigenvalue weighted by Gasteiger charge is 2.27. The van der Waals surface area contributed by atoms with Crippen LogP contribution in [0.4, 0.5) is 14.7 Å². The molecule has 1 saturated heterocycles. The van der Waals surface area contributed by atoms with Crippen LogP contribution in [0.2, 0.25) is 0 Å². The first-order chi connectivity index (χ1) is 14.5. The first kappa shape index (κ1) is 20.7. The fraction of sp³-hybridized carbons (Fsp3) is 0.400. The number of nitrogens with one attached hydrogen (secondary N) is 1. The maximum atomic E-state index is 13.4. The number of rotatable bonds is 6. The molecule has 1 fully saturated rings. The topological polar surface area (TPSA) is 84.4 Å². The molecule has 1 aliphatic heterocycles. The summed E-state index contributed by atoms with van der Waals surface area (Å²) in [6.07, 6.45) is 1.51. The number of amides is 1. The Morgan fingerprint density at radius 1 is 1.30 bits per heavy atom. The number of hydrogen-bond donors (Lipinski definition) is 1. The Labute approximate surface area is 180 Å². The van der Waals surface area contributed by atoms with Crippen LogP contribution in [-0.4, -0.2) is 41.5 Å². The van der Waals surface area contributed by atoms with Gasteiger partial charge >= 0.3 is 5.97 Å². The van der Waals surface area contributed by atoms with Gasteiger partial charge in [0.25, 0.3) is 0 Å². The molecule has 3 aromatic rings. The van der Waals surface area contributed by atoms with Gasteiger partial charge in [-0.15, -0.1) is 11.3 Å². The zero-order chi connectivity index (χ0) is 21.1. The maximum Gasteiger partial charge on any atom is 0.311 e. The summed E-state index contributed by atoms with van der Waals surface area (Å²) in [5, 5.41) is 5.97. The summed E-state index contributed by atoms with van der Waals surface area (Å²) in [5.41, 5.74) is 1.38. The molecule has 7 nitrogen and oxygen atoms in total. The van der Waals surface area contributed by atoms with Gasteiger partial charge in [-0.05, 0) is 38.0 Å². The van der Waals surface area contributed by atoms with Crippen LogP contribution in [0.15, 0.2) is 23.6 Å². The third-order valence-electron chi connectivity index (χ3n) is 4.89. The highest BCUT2D eigenvalue weighted by molar-refractivity contribution is 7.22. The number of fused-ring (bicyclic) bond motifs is 1. The number of nitrogens with zero attached hydrogens (tertiary/aromatic N) is 3. The molecule has 2 aromatic heterocycles. The molecule has 0 spiro atoms. The molecule has 0 bridgehead atoms. The maximum absolute atomic E-state index is 13.4. The quantitative estimate of drug-likeness (QED) is 0.577. The van der Waals surface area contributed by atoms with Crippen molar-refractivity contribution >= 4 is 55.0 Å². The number of ether oxygens (including phenoxy) is 1. The van der Waals surface area contributed by atoms with Crippen molar-refractivity contribution in [1.82, 2.24) is 9.97 Å². The Balaban J connectivity index is 1.31. The molecule has 1 aromatic carbocycles. The molecule has 0 unspecified atom stereocenters. The number of benzene rings is 1. The minimum Gasteiger partial charge on any atom is -0.466 e. The first-order valence-corrected chi connectivity index (χ1v) is 11.4. The van der Waals surface area contributed by atoms with Crippen molar-refractivity contribution in [1.29, 1.82) is 0 Å². The van der Waals surface area contributed by atoms with E-state index in [0.29, 0.717) is 43.4 Å². The number of aromatic nitrogens is 2. The van der Waals surface area contributed by atoms with Gasteiger partial charge in [-0.25, -0.2) is 14.4 Å². The molecule has 4 rings (SSSR count). The van der Waals surface area contributed by atoms with Gasteiger partial charge in [0.1, 0.15) is 5.82 Å². The van der Waals surface area contributed by atoms with Gasteiger partial charge in [0.15, 0.2) is 10.3 Å². The van der Waals surface area contributed by atoms with E-state index in [2.05, 4.69) is 20.2 Å². The molecule has 0 aliphatic carbocycles. The van der Waals surface area contributed by atoms with E-state index in [1.165, 1.54) is 34.8 Å². The molecular formula is C20H21FN4O3S2. The lowest BCUT2D eigenvalue weighted by molar-refractivity contribution is -0.142. The number of halogens is 1. The number of esters is 1. The first-order valence-electron chi connectivity index (χ1n) is 9.73. The average molecular weight is 449 g/mol. The summed E-state index contributed by atoms with van der Waals surface area (Å²) < 4.78 is 19.1. The fourth-order valence-electron chi connectivity index (χ4n) is 3.37. The van der Waals surface area contributed by atoms with E-state index in [-0.39, 0.29) is 30.0 Å². The highest BCUT2D eigenvalue weighted by Crippen LogP contribution is 2.32. The molecule has 158 valence electrons. The smallest absolute Gasteiger partial charge is 0.311 e. The lowest BCUT2D eigenvalue weighted by Gasteiger charge is -2.30. The zero-order valence-corrected chi connectivity index (χ0v) is 18.0. The second-order valence-electron chi connectivity index (χ2n) is 6.98. The summed E-state index contributed by atoms with van der Waals surface area (Å²) in [6.45, 7) is 3.52. The Bertz CT molecular complexity index is 1060. The third-order valence-corrected chi connectivity index (χ3v) is 6.77. The van der Waals surface area contributed by atoms with Crippen LogP contribution in [0.3, 0.4) is 0 Å². The van der Waals surface area contributed by atoms with Crippen molar-refractivity contribution < 1.29 is 18.7 Å². The molecule has 0 atom stereocenters. The number of thiazole rings is 2. The van der Waals surface area contributed by atoms with Gasteiger partial charge in [0, 0.05) is 24.4 Å². The van der Waals surface area contributed by atoms with Crippen LogP contribution in [0, 0.1) is 11.7 Å². The number of piperidine rings is 1. The fourth-order valence-corrected chi connectivity index (χ4v) is 5.12. The molecule has 1 N–H and O–H groups in total. The largest absolute Gasteiger partial charge is 0.466 e. The third kappa shape index (κ3) is 4.76. The molecule has 0 radical (unpaired) electrons. The van der Waals surface area contributed by atoms with E-state index in [1.807, 2.05) is 0 Å². The van der Waals surface area contributed by atoms with Crippen molar-refractivity contribution in [2.45, 2.75) is 26.2 Å². The summed E-state index contributed by atoms with van der Waals surface area (Å²) >= 11 is 2.77. The number of hydrogen-bond acceptors (Lipinski definition) is 8. The van der Waals surface area contributed by atoms with E-state index in [4.69, 9.17) is 4.74 Å². The molecule has 3 heterocycles. The van der Waals surface area contributed by atoms with Gasteiger partial charge in [-0.2, -0.15) is 0 Å². The van der Waals surface area contributed by atoms with E-state index in [1.54, 1.807) is 18.4 Å². The predicted molar refractivity (Wildman–Crippen MR) is 116 cm³/mol. The van der Waals surface area contributed by atoms with Crippen LogP contribution in [0.1, 0.15) is 25.5 Å². The van der Waals surface area contributed by atoms with Gasteiger partial charge < -0.3 is 15.0 Å². The number of anilines is 2. The summed E-state index contributed by atoms with van der Waals surface area (Å²) in [7, 11) is 0. The number of carbonyl (C=O) groups is 2. The van der Waals surface area contributed by atoms with Gasteiger partial charge in [-0.1, -0.05) is 11.3 Å².